The first-order valence-corrected chi connectivity index (χ1v) is 7.13. The minimum Gasteiger partial charge on any atom is -0.380 e. The summed E-state index contributed by atoms with van der Waals surface area (Å²) in [4.78, 5) is 0.264. The highest BCUT2D eigenvalue weighted by Gasteiger charge is 2.24. The average molecular weight is 272 g/mol. The number of sulfonamides is 1. The summed E-state index contributed by atoms with van der Waals surface area (Å²) < 4.78 is 30.9. The fourth-order valence-electron chi connectivity index (χ4n) is 1.51. The Labute approximate surface area is 109 Å². The van der Waals surface area contributed by atoms with E-state index in [0.717, 1.165) is 5.56 Å². The van der Waals surface area contributed by atoms with Crippen molar-refractivity contribution in [3.05, 3.63) is 29.8 Å². The lowest BCUT2D eigenvalue weighted by Crippen LogP contribution is -2.39. The molecule has 1 unspecified atom stereocenters. The van der Waals surface area contributed by atoms with Crippen LogP contribution in [0.4, 0.5) is 0 Å². The molecule has 1 aromatic carbocycles. The van der Waals surface area contributed by atoms with E-state index in [1.807, 2.05) is 6.07 Å². The summed E-state index contributed by atoms with van der Waals surface area (Å²) in [5, 5.41) is 0. The molecular formula is C12H20N2O3S. The Morgan fingerprint density at radius 1 is 1.44 bits per heavy atom. The number of methoxy groups -OCH3 is 1. The second-order valence-corrected chi connectivity index (χ2v) is 6.18. The molecule has 5 nitrogen and oxygen atoms in total. The quantitative estimate of drug-likeness (QED) is 0.831. The maximum absolute atomic E-state index is 12.3. The number of nitrogens with zero attached hydrogens (tertiary/aromatic N) is 1. The highest BCUT2D eigenvalue weighted by atomic mass is 32.2. The molecule has 0 amide bonds. The fraction of sp³-hybridized carbons (Fsp3) is 0.500. The van der Waals surface area contributed by atoms with Crippen LogP contribution in [0.15, 0.2) is 29.2 Å². The van der Waals surface area contributed by atoms with Crippen LogP contribution < -0.4 is 5.73 Å². The lowest BCUT2D eigenvalue weighted by Gasteiger charge is -2.23. The topological polar surface area (TPSA) is 72.6 Å². The van der Waals surface area contributed by atoms with Crippen molar-refractivity contribution in [1.82, 2.24) is 4.31 Å². The van der Waals surface area contributed by atoms with Crippen molar-refractivity contribution in [3.8, 4) is 0 Å². The van der Waals surface area contributed by atoms with Crippen molar-refractivity contribution in [1.29, 1.82) is 0 Å². The van der Waals surface area contributed by atoms with Crippen LogP contribution in [0.2, 0.25) is 0 Å². The molecule has 1 atom stereocenters. The first-order valence-electron chi connectivity index (χ1n) is 5.69. The molecule has 0 bridgehead atoms. The van der Waals surface area contributed by atoms with Gasteiger partial charge in [0.05, 0.1) is 11.5 Å². The average Bonchev–Trinajstić information content (AvgIpc) is 2.37. The zero-order chi connectivity index (χ0) is 13.8. The number of nitrogens with two attached hydrogens (primary N) is 1. The predicted molar refractivity (Wildman–Crippen MR) is 70.6 cm³/mol. The van der Waals surface area contributed by atoms with Gasteiger partial charge in [-0.25, -0.2) is 8.42 Å². The molecule has 1 aromatic rings. The van der Waals surface area contributed by atoms with Crippen molar-refractivity contribution in [2.45, 2.75) is 24.5 Å². The van der Waals surface area contributed by atoms with E-state index in [4.69, 9.17) is 10.5 Å². The highest BCUT2D eigenvalue weighted by Crippen LogP contribution is 2.18. The Bertz CT molecular complexity index is 488. The van der Waals surface area contributed by atoms with Crippen LogP contribution in [-0.4, -0.2) is 39.5 Å². The monoisotopic (exact) mass is 272 g/mol. The van der Waals surface area contributed by atoms with Gasteiger partial charge in [0.2, 0.25) is 10.0 Å². The Morgan fingerprint density at radius 2 is 2.11 bits per heavy atom. The second kappa shape index (κ2) is 6.29. The SMILES string of the molecule is COCc1cccc(S(=O)(=O)N(C)C(C)CN)c1. The number of hydrogen-bond donors (Lipinski definition) is 1. The Morgan fingerprint density at radius 3 is 2.67 bits per heavy atom. The second-order valence-electron chi connectivity index (χ2n) is 4.19. The molecule has 0 saturated carbocycles. The molecule has 0 aliphatic heterocycles. The van der Waals surface area contributed by atoms with Crippen LogP contribution in [-0.2, 0) is 21.4 Å². The van der Waals surface area contributed by atoms with Gasteiger partial charge in [-0.3, -0.25) is 0 Å². The van der Waals surface area contributed by atoms with E-state index >= 15 is 0 Å². The Hall–Kier alpha value is -0.950. The van der Waals surface area contributed by atoms with E-state index in [2.05, 4.69) is 0 Å². The molecule has 0 spiro atoms. The lowest BCUT2D eigenvalue weighted by atomic mass is 10.2. The summed E-state index contributed by atoms with van der Waals surface area (Å²) >= 11 is 0. The summed E-state index contributed by atoms with van der Waals surface area (Å²) in [6, 6.07) is 6.50. The van der Waals surface area contributed by atoms with Crippen molar-refractivity contribution < 1.29 is 13.2 Å². The van der Waals surface area contributed by atoms with Gasteiger partial charge in [-0.2, -0.15) is 4.31 Å². The molecule has 2 N–H and O–H groups in total. The molecule has 1 rings (SSSR count). The van der Waals surface area contributed by atoms with Gasteiger partial charge in [0.1, 0.15) is 0 Å². The van der Waals surface area contributed by atoms with Crippen LogP contribution in [0.3, 0.4) is 0 Å². The third-order valence-electron chi connectivity index (χ3n) is 2.85. The van der Waals surface area contributed by atoms with Gasteiger partial charge < -0.3 is 10.5 Å². The lowest BCUT2D eigenvalue weighted by molar-refractivity contribution is 0.184. The summed E-state index contributed by atoms with van der Waals surface area (Å²) in [5.74, 6) is 0. The van der Waals surface area contributed by atoms with E-state index in [1.165, 1.54) is 11.4 Å². The van der Waals surface area contributed by atoms with Gasteiger partial charge >= 0.3 is 0 Å². The molecule has 102 valence electrons. The first-order chi connectivity index (χ1) is 8.43. The normalized spacial score (nSPS) is 13.8. The largest absolute Gasteiger partial charge is 0.380 e. The van der Waals surface area contributed by atoms with E-state index in [1.54, 1.807) is 32.2 Å². The summed E-state index contributed by atoms with van der Waals surface area (Å²) in [5.41, 5.74) is 6.33. The van der Waals surface area contributed by atoms with Crippen LogP contribution in [0.25, 0.3) is 0 Å². The van der Waals surface area contributed by atoms with Gasteiger partial charge in [0, 0.05) is 26.7 Å². The minimum absolute atomic E-state index is 0.235. The van der Waals surface area contributed by atoms with Gasteiger partial charge in [-0.1, -0.05) is 12.1 Å². The standard InChI is InChI=1S/C12H20N2O3S/c1-10(8-13)14(2)18(15,16)12-6-4-5-11(7-12)9-17-3/h4-7,10H,8-9,13H2,1-3H3. The first kappa shape index (κ1) is 15.1. The minimum atomic E-state index is -3.49. The van der Waals surface area contributed by atoms with Crippen LogP contribution in [0.1, 0.15) is 12.5 Å². The molecule has 18 heavy (non-hydrogen) atoms. The molecule has 0 aliphatic rings. The van der Waals surface area contributed by atoms with Crippen molar-refractivity contribution in [2.75, 3.05) is 20.7 Å². The number of likely N-dealkylation sites (N-methyl/N-ethyl adjacent to an activating group) is 1. The summed E-state index contributed by atoms with van der Waals surface area (Å²) in [6.45, 7) is 2.45. The van der Waals surface area contributed by atoms with E-state index in [-0.39, 0.29) is 17.5 Å². The zero-order valence-electron chi connectivity index (χ0n) is 11.0. The maximum Gasteiger partial charge on any atom is 0.243 e. The molecule has 0 fully saturated rings. The molecule has 0 radical (unpaired) electrons. The number of hydrogen-bond acceptors (Lipinski definition) is 4. The van der Waals surface area contributed by atoms with Crippen molar-refractivity contribution in [2.24, 2.45) is 5.73 Å². The van der Waals surface area contributed by atoms with Crippen LogP contribution in [0.5, 0.6) is 0 Å². The Kier molecular flexibility index (Phi) is 5.28. The van der Waals surface area contributed by atoms with E-state index in [0.29, 0.717) is 6.61 Å². The highest BCUT2D eigenvalue weighted by molar-refractivity contribution is 7.89. The van der Waals surface area contributed by atoms with Crippen LogP contribution >= 0.6 is 0 Å². The predicted octanol–water partition coefficient (Wildman–Crippen LogP) is 0.801. The summed E-state index contributed by atoms with van der Waals surface area (Å²) in [7, 11) is -0.383. The molecule has 0 heterocycles. The van der Waals surface area contributed by atoms with Gasteiger partial charge in [-0.15, -0.1) is 0 Å². The zero-order valence-corrected chi connectivity index (χ0v) is 11.8. The smallest absolute Gasteiger partial charge is 0.243 e. The van der Waals surface area contributed by atoms with E-state index in [9.17, 15) is 8.42 Å². The van der Waals surface area contributed by atoms with Gasteiger partial charge in [0.15, 0.2) is 0 Å². The fourth-order valence-corrected chi connectivity index (χ4v) is 2.96. The number of rotatable bonds is 6. The molecular weight excluding hydrogens is 252 g/mol. The Balaban J connectivity index is 3.08. The van der Waals surface area contributed by atoms with Gasteiger partial charge in [0.25, 0.3) is 0 Å². The van der Waals surface area contributed by atoms with Crippen LogP contribution in [0, 0.1) is 0 Å². The van der Waals surface area contributed by atoms with E-state index < -0.39 is 10.0 Å². The van der Waals surface area contributed by atoms with Crippen molar-refractivity contribution in [3.63, 3.8) is 0 Å². The molecule has 0 saturated heterocycles. The van der Waals surface area contributed by atoms with Gasteiger partial charge in [-0.05, 0) is 24.6 Å². The van der Waals surface area contributed by atoms with Crippen molar-refractivity contribution >= 4 is 10.0 Å². The molecule has 6 heteroatoms. The number of ether oxygens (including phenoxy) is 1. The molecule has 0 aliphatic carbocycles. The summed E-state index contributed by atoms with van der Waals surface area (Å²) in [6.07, 6.45) is 0. The maximum atomic E-state index is 12.3. The third kappa shape index (κ3) is 3.29. The molecule has 0 aromatic heterocycles. The third-order valence-corrected chi connectivity index (χ3v) is 4.82. The number of benzene rings is 1.